The average molecular weight is 859 g/mol. The predicted octanol–water partition coefficient (Wildman–Crippen LogP) is 17.3. The first-order valence-electron chi connectivity index (χ1n) is 22.1. The van der Waals surface area contributed by atoms with E-state index in [0.29, 0.717) is 0 Å². The van der Waals surface area contributed by atoms with Crippen LogP contribution in [0.15, 0.2) is 247 Å². The zero-order chi connectivity index (χ0) is 42.8. The maximum atomic E-state index is 4.96. The van der Waals surface area contributed by atoms with Crippen LogP contribution < -0.4 is 9.80 Å². The third-order valence-corrected chi connectivity index (χ3v) is 14.2. The van der Waals surface area contributed by atoms with E-state index in [-0.39, 0.29) is 5.92 Å². The molecule has 0 radical (unpaired) electrons. The lowest BCUT2D eigenvalue weighted by Crippen LogP contribution is -2.18. The number of nitrogens with zero attached hydrogens (tertiary/aromatic N) is 2. The molecule has 9 aromatic rings. The highest BCUT2D eigenvalue weighted by molar-refractivity contribution is 7.84. The summed E-state index contributed by atoms with van der Waals surface area (Å²) >= 11 is 6.82. The van der Waals surface area contributed by atoms with Crippen molar-refractivity contribution in [1.82, 2.24) is 0 Å². The predicted molar refractivity (Wildman–Crippen MR) is 278 cm³/mol. The fraction of sp³-hybridized carbons (Fsp3) is 0.0667. The van der Waals surface area contributed by atoms with Crippen molar-refractivity contribution < 1.29 is 0 Å². The van der Waals surface area contributed by atoms with Crippen LogP contribution in [0.3, 0.4) is 0 Å². The lowest BCUT2D eigenvalue weighted by molar-refractivity contribution is 0.840. The van der Waals surface area contributed by atoms with Gasteiger partial charge in [-0.05, 0) is 142 Å². The van der Waals surface area contributed by atoms with Gasteiger partial charge in [0.1, 0.15) is 0 Å². The molecule has 0 spiro atoms. The fourth-order valence-electron chi connectivity index (χ4n) is 9.34. The lowest BCUT2D eigenvalue weighted by Gasteiger charge is -2.31. The van der Waals surface area contributed by atoms with Crippen LogP contribution in [0.1, 0.15) is 36.3 Å². The van der Waals surface area contributed by atoms with Crippen molar-refractivity contribution in [2.45, 2.75) is 25.2 Å². The molecule has 308 valence electrons. The van der Waals surface area contributed by atoms with Gasteiger partial charge in [0.05, 0.1) is 0 Å². The molecule has 0 saturated carbocycles. The molecule has 0 saturated heterocycles. The first-order chi connectivity index (χ1) is 31.6. The molecule has 0 N–H and O–H groups in total. The van der Waals surface area contributed by atoms with E-state index in [0.717, 1.165) is 41.2 Å². The molecule has 0 aliphatic heterocycles. The highest BCUT2D eigenvalue weighted by Crippen LogP contribution is 2.43. The number of anilines is 4. The number of thiophene rings is 1. The van der Waals surface area contributed by atoms with Gasteiger partial charge in [-0.15, -0.1) is 24.0 Å². The minimum absolute atomic E-state index is 0.224. The summed E-state index contributed by atoms with van der Waals surface area (Å²) in [6.07, 6.45) is 12.2. The molecule has 2 aliphatic carbocycles. The summed E-state index contributed by atoms with van der Waals surface area (Å²) < 4.78 is 2.63. The number of fused-ring (bicyclic) bond motifs is 3. The maximum Gasteiger partial charge on any atom is 0.0468 e. The molecule has 1 unspecified atom stereocenters. The van der Waals surface area contributed by atoms with Crippen molar-refractivity contribution in [3.8, 4) is 22.3 Å². The molecule has 2 aliphatic rings. The quantitative estimate of drug-likeness (QED) is 0.137. The van der Waals surface area contributed by atoms with Gasteiger partial charge in [-0.25, -0.2) is 0 Å². The van der Waals surface area contributed by atoms with Crippen LogP contribution in [-0.2, 0) is 0 Å². The second kappa shape index (κ2) is 17.6. The van der Waals surface area contributed by atoms with E-state index in [1.165, 1.54) is 76.2 Å². The van der Waals surface area contributed by atoms with Gasteiger partial charge in [-0.1, -0.05) is 152 Å². The van der Waals surface area contributed by atoms with Gasteiger partial charge in [-0.2, -0.15) is 0 Å². The zero-order valence-corrected chi connectivity index (χ0v) is 37.1. The number of benzene rings is 8. The Morgan fingerprint density at radius 2 is 1.02 bits per heavy atom. The van der Waals surface area contributed by atoms with E-state index in [9.17, 15) is 0 Å². The Labute approximate surface area is 385 Å². The Balaban J connectivity index is 0.932. The van der Waals surface area contributed by atoms with Crippen molar-refractivity contribution >= 4 is 72.5 Å². The van der Waals surface area contributed by atoms with E-state index in [1.807, 2.05) is 11.3 Å². The molecule has 8 aromatic carbocycles. The molecular weight excluding hydrogens is 813 g/mol. The van der Waals surface area contributed by atoms with Crippen LogP contribution in [0.2, 0.25) is 0 Å². The van der Waals surface area contributed by atoms with E-state index >= 15 is 0 Å². The van der Waals surface area contributed by atoms with Crippen LogP contribution in [0, 0.1) is 0 Å². The number of hydrogen-bond donors (Lipinski definition) is 1. The maximum absolute atomic E-state index is 4.96. The molecule has 4 heteroatoms. The monoisotopic (exact) mass is 858 g/mol. The van der Waals surface area contributed by atoms with Crippen LogP contribution >= 0.6 is 24.0 Å². The van der Waals surface area contributed by atoms with Crippen LogP contribution in [0.25, 0.3) is 48.0 Å². The first-order valence-corrected chi connectivity index (χ1v) is 23.4. The second-order valence-corrected chi connectivity index (χ2v) is 18.2. The molecule has 1 atom stereocenters. The van der Waals surface area contributed by atoms with Crippen LogP contribution in [0.5, 0.6) is 0 Å². The highest BCUT2D eigenvalue weighted by atomic mass is 32.1. The van der Waals surface area contributed by atoms with E-state index in [1.54, 1.807) is 0 Å². The number of allylic oxidation sites excluding steroid dienone is 7. The Bertz CT molecular complexity index is 3240. The molecule has 0 bridgehead atoms. The van der Waals surface area contributed by atoms with Crippen molar-refractivity contribution in [2.75, 3.05) is 9.80 Å². The fourth-order valence-corrected chi connectivity index (χ4v) is 10.7. The molecule has 11 rings (SSSR count). The third kappa shape index (κ3) is 7.92. The molecular formula is C60H46N2S2. The minimum atomic E-state index is 0.224. The Morgan fingerprint density at radius 3 is 1.69 bits per heavy atom. The van der Waals surface area contributed by atoms with E-state index < -0.39 is 0 Å². The van der Waals surface area contributed by atoms with Gasteiger partial charge in [0, 0.05) is 60.2 Å². The van der Waals surface area contributed by atoms with Crippen molar-refractivity contribution in [1.29, 1.82) is 0 Å². The van der Waals surface area contributed by atoms with Crippen LogP contribution in [-0.4, -0.2) is 0 Å². The highest BCUT2D eigenvalue weighted by Gasteiger charge is 2.23. The Hall–Kier alpha value is -7.11. The molecule has 64 heavy (non-hydrogen) atoms. The zero-order valence-electron chi connectivity index (χ0n) is 35.4. The topological polar surface area (TPSA) is 6.48 Å². The second-order valence-electron chi connectivity index (χ2n) is 16.6. The Morgan fingerprint density at radius 1 is 0.453 bits per heavy atom. The summed E-state index contributed by atoms with van der Waals surface area (Å²) in [6.45, 7) is 0. The lowest BCUT2D eigenvalue weighted by atomic mass is 9.86. The van der Waals surface area contributed by atoms with Gasteiger partial charge in [0.15, 0.2) is 0 Å². The van der Waals surface area contributed by atoms with E-state index in [2.05, 4.69) is 240 Å². The summed E-state index contributed by atoms with van der Waals surface area (Å²) in [7, 11) is 0. The normalized spacial score (nSPS) is 15.0. The number of para-hydroxylation sites is 2. The van der Waals surface area contributed by atoms with Crippen LogP contribution in [0.4, 0.5) is 22.7 Å². The summed E-state index contributed by atoms with van der Waals surface area (Å²) in [5, 5.41) is 2.61. The largest absolute Gasteiger partial charge is 0.314 e. The SMILES string of the molecule is SC1=C(c2ccccc2)C=C(N(c2ccccc2)c2ccc(-c3cc(-c4ccccc4)cc(C4C=CC(N(c5ccccc5)c5ccc6sc7ccccc7c6c5)=CC4)c3)cc2)CC1. The molecule has 2 nitrogen and oxygen atoms in total. The van der Waals surface area contributed by atoms with Gasteiger partial charge < -0.3 is 9.80 Å². The molecule has 1 aromatic heterocycles. The minimum Gasteiger partial charge on any atom is -0.314 e. The van der Waals surface area contributed by atoms with E-state index in [4.69, 9.17) is 12.6 Å². The number of hydrogen-bond acceptors (Lipinski definition) is 4. The van der Waals surface area contributed by atoms with Crippen molar-refractivity contribution in [2.24, 2.45) is 0 Å². The first kappa shape index (κ1) is 39.7. The van der Waals surface area contributed by atoms with Gasteiger partial charge >= 0.3 is 0 Å². The van der Waals surface area contributed by atoms with Gasteiger partial charge in [-0.3, -0.25) is 0 Å². The summed E-state index contributed by atoms with van der Waals surface area (Å²) in [5.74, 6) is 0.224. The molecule has 0 fully saturated rings. The Kier molecular flexibility index (Phi) is 10.9. The van der Waals surface area contributed by atoms with Crippen molar-refractivity contribution in [3.05, 3.63) is 258 Å². The molecule has 1 heterocycles. The average Bonchev–Trinajstić information content (AvgIpc) is 3.74. The third-order valence-electron chi connectivity index (χ3n) is 12.5. The van der Waals surface area contributed by atoms with Crippen molar-refractivity contribution in [3.63, 3.8) is 0 Å². The van der Waals surface area contributed by atoms with Gasteiger partial charge in [0.2, 0.25) is 0 Å². The molecule has 0 amide bonds. The summed E-state index contributed by atoms with van der Waals surface area (Å²) in [4.78, 5) is 5.95. The number of thiol groups is 1. The summed E-state index contributed by atoms with van der Waals surface area (Å²) in [6, 6.07) is 74.9. The smallest absolute Gasteiger partial charge is 0.0468 e. The van der Waals surface area contributed by atoms with Gasteiger partial charge in [0.25, 0.3) is 0 Å². The number of rotatable bonds is 10. The summed E-state index contributed by atoms with van der Waals surface area (Å²) in [5.41, 5.74) is 15.6. The standard InChI is InChI=1S/C60H46N2S2/c63-58-35-33-53(40-56(58)45-17-7-2-8-18-45)61(49-19-9-3-10-20-49)51-29-25-43(26-30-51)47-37-46(42-15-5-1-6-16-42)38-48(39-47)44-27-31-52(32-28-44)62(50-21-11-4-12-22-50)54-34-36-60-57(41-54)55-23-13-14-24-59(55)64-60/h1-27,29-32,34,36-41,44,63H,28,33,35H2.